The summed E-state index contributed by atoms with van der Waals surface area (Å²) < 4.78 is -0.0646. The summed E-state index contributed by atoms with van der Waals surface area (Å²) >= 11 is 6.59. The van der Waals surface area contributed by atoms with Crippen LogP contribution in [0, 0.1) is 11.3 Å². The number of rotatable bonds is 6. The quantitative estimate of drug-likeness (QED) is 0.814. The van der Waals surface area contributed by atoms with Crippen LogP contribution in [0.25, 0.3) is 0 Å². The van der Waals surface area contributed by atoms with Crippen LogP contribution in [0.3, 0.4) is 0 Å². The van der Waals surface area contributed by atoms with Crippen molar-refractivity contribution in [2.45, 2.75) is 30.9 Å². The molecule has 1 rings (SSSR count). The minimum absolute atomic E-state index is 0.0228. The van der Waals surface area contributed by atoms with Crippen molar-refractivity contribution >= 4 is 34.1 Å². The van der Waals surface area contributed by atoms with E-state index < -0.39 is 10.7 Å². The van der Waals surface area contributed by atoms with E-state index >= 15 is 0 Å². The van der Waals surface area contributed by atoms with E-state index in [4.69, 9.17) is 17.3 Å². The summed E-state index contributed by atoms with van der Waals surface area (Å²) in [6.07, 6.45) is 0.884. The van der Waals surface area contributed by atoms with Crippen LogP contribution in [0.2, 0.25) is 0 Å². The molecule has 1 unspecified atom stereocenters. The summed E-state index contributed by atoms with van der Waals surface area (Å²) in [5.74, 6) is -0.893. The molecule has 0 saturated carbocycles. The van der Waals surface area contributed by atoms with Crippen molar-refractivity contribution in [1.29, 1.82) is 5.26 Å². The molecule has 0 radical (unpaired) electrons. The van der Waals surface area contributed by atoms with Gasteiger partial charge in [-0.2, -0.15) is 5.26 Å². The standard InChI is InChI=1S/C14H15NO2S2/c1-14(10-15,8-7-12(16)17)19-13(18)9-11-5-3-2-4-6-11/h2-6H,7-9H2,1H3,(H,16,17). The zero-order valence-electron chi connectivity index (χ0n) is 10.6. The van der Waals surface area contributed by atoms with Crippen LogP contribution >= 0.6 is 24.0 Å². The Morgan fingerprint density at radius 2 is 2.11 bits per heavy atom. The van der Waals surface area contributed by atoms with Crippen molar-refractivity contribution < 1.29 is 9.90 Å². The molecule has 1 aromatic carbocycles. The predicted octanol–water partition coefficient (Wildman–Crippen LogP) is 3.44. The zero-order chi connectivity index (χ0) is 14.3. The number of nitriles is 1. The number of thioether (sulfide) groups is 1. The second kappa shape index (κ2) is 7.27. The van der Waals surface area contributed by atoms with Gasteiger partial charge in [0.05, 0.1) is 10.3 Å². The molecule has 0 aliphatic carbocycles. The van der Waals surface area contributed by atoms with Gasteiger partial charge in [0.25, 0.3) is 0 Å². The third-order valence-corrected chi connectivity index (χ3v) is 4.10. The number of aliphatic carboxylic acids is 1. The number of thiocarbonyl (C=S) groups is 1. The second-order valence-electron chi connectivity index (χ2n) is 4.37. The highest BCUT2D eigenvalue weighted by molar-refractivity contribution is 8.24. The maximum Gasteiger partial charge on any atom is 0.303 e. The van der Waals surface area contributed by atoms with Gasteiger partial charge in [0.2, 0.25) is 0 Å². The zero-order valence-corrected chi connectivity index (χ0v) is 12.3. The summed E-state index contributed by atoms with van der Waals surface area (Å²) in [5, 5.41) is 17.9. The number of benzene rings is 1. The Labute approximate surface area is 122 Å². The Hall–Kier alpha value is -1.38. The Kier molecular flexibility index (Phi) is 6.00. The van der Waals surface area contributed by atoms with Crippen molar-refractivity contribution in [2.75, 3.05) is 0 Å². The number of hydrogen-bond acceptors (Lipinski definition) is 4. The monoisotopic (exact) mass is 293 g/mol. The number of nitrogens with zero attached hydrogens (tertiary/aromatic N) is 1. The average Bonchev–Trinajstić information content (AvgIpc) is 2.37. The van der Waals surface area contributed by atoms with Crippen LogP contribution in [-0.2, 0) is 11.2 Å². The van der Waals surface area contributed by atoms with Crippen LogP contribution in [0.5, 0.6) is 0 Å². The molecule has 0 fully saturated rings. The fraction of sp³-hybridized carbons (Fsp3) is 0.357. The maximum atomic E-state index is 10.6. The lowest BCUT2D eigenvalue weighted by Crippen LogP contribution is -2.21. The van der Waals surface area contributed by atoms with Crippen molar-refractivity contribution in [1.82, 2.24) is 0 Å². The fourth-order valence-corrected chi connectivity index (χ4v) is 3.23. The van der Waals surface area contributed by atoms with Crippen molar-refractivity contribution in [3.8, 4) is 6.07 Å². The molecule has 1 atom stereocenters. The number of hydrogen-bond donors (Lipinski definition) is 1. The van der Waals surface area contributed by atoms with Crippen LogP contribution in [0.15, 0.2) is 30.3 Å². The van der Waals surface area contributed by atoms with Gasteiger partial charge in [-0.25, -0.2) is 0 Å². The lowest BCUT2D eigenvalue weighted by Gasteiger charge is -2.20. The Bertz CT molecular complexity index is 496. The van der Waals surface area contributed by atoms with E-state index in [1.165, 1.54) is 11.8 Å². The topological polar surface area (TPSA) is 61.1 Å². The molecule has 19 heavy (non-hydrogen) atoms. The number of carboxylic acids is 1. The SMILES string of the molecule is CC(C#N)(CCC(=O)O)SC(=S)Cc1ccccc1. The van der Waals surface area contributed by atoms with Gasteiger partial charge in [0.1, 0.15) is 4.75 Å². The highest BCUT2D eigenvalue weighted by Crippen LogP contribution is 2.31. The molecule has 0 spiro atoms. The van der Waals surface area contributed by atoms with Crippen molar-refractivity contribution in [3.63, 3.8) is 0 Å². The fourth-order valence-electron chi connectivity index (χ4n) is 1.53. The molecule has 0 bridgehead atoms. The lowest BCUT2D eigenvalue weighted by atomic mass is 10.1. The maximum absolute atomic E-state index is 10.6. The van der Waals surface area contributed by atoms with Crippen molar-refractivity contribution in [3.05, 3.63) is 35.9 Å². The third-order valence-electron chi connectivity index (χ3n) is 2.58. The Morgan fingerprint density at radius 1 is 1.47 bits per heavy atom. The molecule has 0 saturated heterocycles. The van der Waals surface area contributed by atoms with E-state index in [9.17, 15) is 10.1 Å². The normalized spacial score (nSPS) is 13.3. The van der Waals surface area contributed by atoms with Gasteiger partial charge in [-0.05, 0) is 18.9 Å². The van der Waals surface area contributed by atoms with Gasteiger partial charge in [0.15, 0.2) is 0 Å². The van der Waals surface area contributed by atoms with E-state index in [-0.39, 0.29) is 6.42 Å². The highest BCUT2D eigenvalue weighted by Gasteiger charge is 2.27. The summed E-state index contributed by atoms with van der Waals surface area (Å²) in [6, 6.07) is 11.9. The van der Waals surface area contributed by atoms with Crippen LogP contribution in [0.1, 0.15) is 25.3 Å². The minimum Gasteiger partial charge on any atom is -0.481 e. The second-order valence-corrected chi connectivity index (χ2v) is 6.72. The van der Waals surface area contributed by atoms with E-state index in [0.29, 0.717) is 17.0 Å². The number of carbonyl (C=O) groups is 1. The first kappa shape index (κ1) is 15.7. The molecule has 0 heterocycles. The molecule has 100 valence electrons. The first-order valence-electron chi connectivity index (χ1n) is 5.84. The molecule has 3 nitrogen and oxygen atoms in total. The largest absolute Gasteiger partial charge is 0.481 e. The van der Waals surface area contributed by atoms with Crippen LogP contribution < -0.4 is 0 Å². The summed E-state index contributed by atoms with van der Waals surface area (Å²) in [7, 11) is 0. The Morgan fingerprint density at radius 3 is 2.63 bits per heavy atom. The summed E-state index contributed by atoms with van der Waals surface area (Å²) in [6.45, 7) is 1.73. The molecule has 5 heteroatoms. The van der Waals surface area contributed by atoms with Gasteiger partial charge in [0, 0.05) is 12.8 Å². The van der Waals surface area contributed by atoms with E-state index in [0.717, 1.165) is 5.56 Å². The van der Waals surface area contributed by atoms with Gasteiger partial charge >= 0.3 is 5.97 Å². The minimum atomic E-state index is -0.893. The highest BCUT2D eigenvalue weighted by atomic mass is 32.2. The van der Waals surface area contributed by atoms with Crippen molar-refractivity contribution in [2.24, 2.45) is 0 Å². The van der Waals surface area contributed by atoms with Gasteiger partial charge < -0.3 is 5.11 Å². The molecule has 0 aliphatic heterocycles. The van der Waals surface area contributed by atoms with E-state index in [1.54, 1.807) is 6.92 Å². The predicted molar refractivity (Wildman–Crippen MR) is 81.2 cm³/mol. The lowest BCUT2D eigenvalue weighted by molar-refractivity contribution is -0.137. The first-order chi connectivity index (χ1) is 8.95. The molecule has 1 N–H and O–H groups in total. The first-order valence-corrected chi connectivity index (χ1v) is 7.06. The van der Waals surface area contributed by atoms with E-state index in [1.807, 2.05) is 30.3 Å². The average molecular weight is 293 g/mol. The molecular formula is C14H15NO2S2. The molecule has 0 aliphatic rings. The smallest absolute Gasteiger partial charge is 0.303 e. The van der Waals surface area contributed by atoms with Gasteiger partial charge in [-0.15, -0.1) is 0 Å². The van der Waals surface area contributed by atoms with Crippen LogP contribution in [-0.4, -0.2) is 20.0 Å². The van der Waals surface area contributed by atoms with Gasteiger partial charge in [-0.1, -0.05) is 54.3 Å². The van der Waals surface area contributed by atoms with Gasteiger partial charge in [-0.3, -0.25) is 4.79 Å². The molecular weight excluding hydrogens is 278 g/mol. The Balaban J connectivity index is 2.58. The summed E-state index contributed by atoms with van der Waals surface area (Å²) in [4.78, 5) is 10.6. The van der Waals surface area contributed by atoms with E-state index in [2.05, 4.69) is 6.07 Å². The molecule has 0 aromatic heterocycles. The third kappa shape index (κ3) is 5.86. The van der Waals surface area contributed by atoms with Crippen LogP contribution in [0.4, 0.5) is 0 Å². The summed E-state index contributed by atoms with van der Waals surface area (Å²) in [5.41, 5.74) is 1.10. The number of carboxylic acid groups (broad SMARTS) is 1. The molecule has 0 amide bonds. The molecule has 1 aromatic rings.